The van der Waals surface area contributed by atoms with Crippen molar-refractivity contribution in [2.45, 2.75) is 45.6 Å². The van der Waals surface area contributed by atoms with Gasteiger partial charge in [-0.05, 0) is 55.0 Å². The highest BCUT2D eigenvalue weighted by molar-refractivity contribution is 6.30. The third-order valence-corrected chi connectivity index (χ3v) is 5.58. The van der Waals surface area contributed by atoms with Crippen molar-refractivity contribution in [1.82, 2.24) is 5.32 Å². The van der Waals surface area contributed by atoms with Gasteiger partial charge in [0.25, 0.3) is 0 Å². The van der Waals surface area contributed by atoms with Gasteiger partial charge in [0.15, 0.2) is 0 Å². The summed E-state index contributed by atoms with van der Waals surface area (Å²) in [5.74, 6) is -1.07. The maximum Gasteiger partial charge on any atom is 0.407 e. The van der Waals surface area contributed by atoms with E-state index in [-0.39, 0.29) is 6.42 Å². The first-order chi connectivity index (χ1) is 14.8. The number of carbonyl (C=O) groups is 2. The molecule has 2 rings (SSSR count). The molecule has 31 heavy (non-hydrogen) atoms. The summed E-state index contributed by atoms with van der Waals surface area (Å²) < 4.78 is 5.22. The Morgan fingerprint density at radius 2 is 1.87 bits per heavy atom. The number of carboxylic acid groups (broad SMARTS) is 1. The first-order valence-electron chi connectivity index (χ1n) is 10.4. The van der Waals surface area contributed by atoms with Crippen molar-refractivity contribution in [3.63, 3.8) is 0 Å². The van der Waals surface area contributed by atoms with Crippen molar-refractivity contribution in [3.8, 4) is 11.1 Å². The van der Waals surface area contributed by atoms with Crippen molar-refractivity contribution in [1.29, 1.82) is 0 Å². The summed E-state index contributed by atoms with van der Waals surface area (Å²) in [6.45, 7) is 3.34. The zero-order chi connectivity index (χ0) is 22.9. The summed E-state index contributed by atoms with van der Waals surface area (Å²) in [4.78, 5) is 23.8. The van der Waals surface area contributed by atoms with E-state index in [1.165, 1.54) is 6.92 Å². The van der Waals surface area contributed by atoms with Gasteiger partial charge >= 0.3 is 12.1 Å². The van der Waals surface area contributed by atoms with Crippen LogP contribution in [-0.2, 0) is 9.53 Å². The maximum absolute atomic E-state index is 12.2. The Kier molecular flexibility index (Phi) is 9.34. The van der Waals surface area contributed by atoms with Gasteiger partial charge in [-0.2, -0.15) is 0 Å². The standard InChI is InChI=1S/C24H30ClNO5/c1-3-4-14-31-23(30)26-21(12-13-24(2,16-27)22(28)29)18-10-8-17(9-11-18)19-6-5-7-20(25)15-19/h5-11,15,21,27H,3-4,12-14,16H2,1-2H3,(H,26,30)(H,28,29). The fourth-order valence-electron chi connectivity index (χ4n) is 3.11. The van der Waals surface area contributed by atoms with Crippen molar-refractivity contribution < 1.29 is 24.5 Å². The lowest BCUT2D eigenvalue weighted by Crippen LogP contribution is -2.35. The number of aliphatic hydroxyl groups excluding tert-OH is 1. The van der Waals surface area contributed by atoms with Crippen LogP contribution in [0.4, 0.5) is 4.79 Å². The second-order valence-corrected chi connectivity index (χ2v) is 8.32. The predicted molar refractivity (Wildman–Crippen MR) is 121 cm³/mol. The first kappa shape index (κ1) is 24.7. The van der Waals surface area contributed by atoms with E-state index < -0.39 is 30.1 Å². The van der Waals surface area contributed by atoms with E-state index in [0.29, 0.717) is 18.1 Å². The van der Waals surface area contributed by atoms with Crippen LogP contribution in [-0.4, -0.2) is 35.5 Å². The highest BCUT2D eigenvalue weighted by atomic mass is 35.5. The molecule has 3 N–H and O–H groups in total. The summed E-state index contributed by atoms with van der Waals surface area (Å²) in [7, 11) is 0. The van der Waals surface area contributed by atoms with Gasteiger partial charge in [-0.25, -0.2) is 4.79 Å². The lowest BCUT2D eigenvalue weighted by molar-refractivity contribution is -0.150. The normalized spacial score (nSPS) is 13.8. The van der Waals surface area contributed by atoms with Gasteiger partial charge < -0.3 is 20.3 Å². The van der Waals surface area contributed by atoms with E-state index in [0.717, 1.165) is 29.5 Å². The Morgan fingerprint density at radius 3 is 2.45 bits per heavy atom. The van der Waals surface area contributed by atoms with Crippen LogP contribution in [0.2, 0.25) is 5.02 Å². The SMILES string of the molecule is CCCCOC(=O)NC(CCC(C)(CO)C(=O)O)c1ccc(-c2cccc(Cl)c2)cc1. The molecule has 7 heteroatoms. The molecule has 168 valence electrons. The van der Waals surface area contributed by atoms with Gasteiger partial charge in [0.2, 0.25) is 0 Å². The number of unbranched alkanes of at least 4 members (excludes halogenated alkanes) is 1. The molecule has 0 aliphatic rings. The minimum absolute atomic E-state index is 0.189. The molecule has 0 heterocycles. The van der Waals surface area contributed by atoms with E-state index in [4.69, 9.17) is 16.3 Å². The van der Waals surface area contributed by atoms with Crippen LogP contribution >= 0.6 is 11.6 Å². The molecule has 2 atom stereocenters. The molecule has 0 saturated heterocycles. The first-order valence-corrected chi connectivity index (χ1v) is 10.8. The smallest absolute Gasteiger partial charge is 0.407 e. The van der Waals surface area contributed by atoms with Crippen LogP contribution in [0.3, 0.4) is 0 Å². The topological polar surface area (TPSA) is 95.9 Å². The second-order valence-electron chi connectivity index (χ2n) is 7.88. The van der Waals surface area contributed by atoms with Crippen LogP contribution < -0.4 is 5.32 Å². The quantitative estimate of drug-likeness (QED) is 0.399. The van der Waals surface area contributed by atoms with Crippen molar-refractivity contribution >= 4 is 23.7 Å². The Balaban J connectivity index is 2.20. The monoisotopic (exact) mass is 447 g/mol. The number of alkyl carbamates (subject to hydrolysis) is 1. The van der Waals surface area contributed by atoms with Crippen LogP contribution in [0.25, 0.3) is 11.1 Å². The minimum atomic E-state index is -1.28. The van der Waals surface area contributed by atoms with Crippen molar-refractivity contribution in [2.24, 2.45) is 5.41 Å². The molecule has 0 radical (unpaired) electrons. The summed E-state index contributed by atoms with van der Waals surface area (Å²) in [6.07, 6.45) is 1.67. The number of aliphatic hydroxyl groups is 1. The van der Waals surface area contributed by atoms with Crippen LogP contribution in [0, 0.1) is 5.41 Å². The van der Waals surface area contributed by atoms with Crippen LogP contribution in [0.1, 0.15) is 51.1 Å². The molecule has 2 unspecified atom stereocenters. The van der Waals surface area contributed by atoms with Crippen molar-refractivity contribution in [3.05, 3.63) is 59.1 Å². The second kappa shape index (κ2) is 11.7. The van der Waals surface area contributed by atoms with E-state index in [2.05, 4.69) is 5.32 Å². The Labute approximate surface area is 188 Å². The molecule has 6 nitrogen and oxygen atoms in total. The van der Waals surface area contributed by atoms with Gasteiger partial charge in [-0.3, -0.25) is 4.79 Å². The number of amides is 1. The van der Waals surface area contributed by atoms with Gasteiger partial charge in [0, 0.05) is 5.02 Å². The molecular formula is C24H30ClNO5. The van der Waals surface area contributed by atoms with Crippen molar-refractivity contribution in [2.75, 3.05) is 13.2 Å². The molecule has 1 amide bonds. The third-order valence-electron chi connectivity index (χ3n) is 5.34. The van der Waals surface area contributed by atoms with Crippen LogP contribution in [0.15, 0.2) is 48.5 Å². The lowest BCUT2D eigenvalue weighted by Gasteiger charge is -2.26. The largest absolute Gasteiger partial charge is 0.481 e. The molecule has 0 saturated carbocycles. The number of ether oxygens (including phenoxy) is 1. The minimum Gasteiger partial charge on any atom is -0.481 e. The highest BCUT2D eigenvalue weighted by Gasteiger charge is 2.33. The molecule has 0 spiro atoms. The zero-order valence-electron chi connectivity index (χ0n) is 17.9. The molecule has 0 aliphatic heterocycles. The lowest BCUT2D eigenvalue weighted by atomic mass is 9.84. The molecule has 2 aromatic carbocycles. The van der Waals surface area contributed by atoms with E-state index >= 15 is 0 Å². The zero-order valence-corrected chi connectivity index (χ0v) is 18.7. The Bertz CT molecular complexity index is 871. The number of benzene rings is 2. The number of hydrogen-bond donors (Lipinski definition) is 3. The van der Waals surface area contributed by atoms with Gasteiger partial charge in [-0.1, -0.05) is 61.3 Å². The third kappa shape index (κ3) is 7.26. The van der Waals surface area contributed by atoms with E-state index in [9.17, 15) is 19.8 Å². The molecule has 2 aromatic rings. The predicted octanol–water partition coefficient (Wildman–Crippen LogP) is 5.44. The summed E-state index contributed by atoms with van der Waals surface area (Å²) in [5, 5.41) is 22.5. The molecule has 0 fully saturated rings. The number of rotatable bonds is 11. The maximum atomic E-state index is 12.2. The number of aliphatic carboxylic acids is 1. The van der Waals surface area contributed by atoms with Gasteiger partial charge in [0.05, 0.1) is 24.7 Å². The summed E-state index contributed by atoms with van der Waals surface area (Å²) in [5.41, 5.74) is 1.48. The molecule has 0 aliphatic carbocycles. The Morgan fingerprint density at radius 1 is 1.16 bits per heavy atom. The number of carboxylic acids is 1. The fraction of sp³-hybridized carbons (Fsp3) is 0.417. The van der Waals surface area contributed by atoms with Gasteiger partial charge in [0.1, 0.15) is 0 Å². The molecular weight excluding hydrogens is 418 g/mol. The highest BCUT2D eigenvalue weighted by Crippen LogP contribution is 2.30. The average molecular weight is 448 g/mol. The number of hydrogen-bond acceptors (Lipinski definition) is 4. The Hall–Kier alpha value is -2.57. The number of halogens is 1. The number of carbonyl (C=O) groups excluding carboxylic acids is 1. The fourth-order valence-corrected chi connectivity index (χ4v) is 3.30. The average Bonchev–Trinajstić information content (AvgIpc) is 2.76. The van der Waals surface area contributed by atoms with Crippen LogP contribution in [0.5, 0.6) is 0 Å². The molecule has 0 aromatic heterocycles. The molecule has 0 bridgehead atoms. The van der Waals surface area contributed by atoms with E-state index in [1.807, 2.05) is 55.5 Å². The van der Waals surface area contributed by atoms with Gasteiger partial charge in [-0.15, -0.1) is 0 Å². The summed E-state index contributed by atoms with van der Waals surface area (Å²) in [6, 6.07) is 14.7. The summed E-state index contributed by atoms with van der Waals surface area (Å²) >= 11 is 6.08. The van der Waals surface area contributed by atoms with E-state index in [1.54, 1.807) is 0 Å². The number of nitrogens with one attached hydrogen (secondary N) is 1.